The molecule has 2 heterocycles. The fourth-order valence-electron chi connectivity index (χ4n) is 3.40. The van der Waals surface area contributed by atoms with Crippen LogP contribution in [0.5, 0.6) is 0 Å². The quantitative estimate of drug-likeness (QED) is 0.845. The molecule has 1 spiro atoms. The number of thiophene rings is 1. The Morgan fingerprint density at radius 1 is 1.25 bits per heavy atom. The first-order valence-corrected chi connectivity index (χ1v) is 7.87. The molecule has 3 N–H and O–H groups in total. The zero-order valence-corrected chi connectivity index (χ0v) is 12.0. The molecule has 1 atom stereocenters. The largest absolute Gasteiger partial charge is 0.370 e. The van der Waals surface area contributed by atoms with Gasteiger partial charge in [-0.15, -0.1) is 11.3 Å². The van der Waals surface area contributed by atoms with Crippen molar-refractivity contribution in [2.24, 2.45) is 10.7 Å². The molecular weight excluding hydrogens is 266 g/mol. The number of nitrogens with two attached hydrogens (primary N) is 1. The SMILES string of the molecule is NC1=NC[C@@]2(CCc3c(cccc3-c3cccs3)C2)N1. The second kappa shape index (κ2) is 4.35. The van der Waals surface area contributed by atoms with Crippen LogP contribution in [0.4, 0.5) is 0 Å². The van der Waals surface area contributed by atoms with Crippen molar-refractivity contribution in [3.05, 3.63) is 46.8 Å². The fraction of sp³-hybridized carbons (Fsp3) is 0.312. The maximum Gasteiger partial charge on any atom is 0.189 e. The van der Waals surface area contributed by atoms with Crippen molar-refractivity contribution in [3.63, 3.8) is 0 Å². The minimum absolute atomic E-state index is 0.0607. The number of nitrogens with one attached hydrogen (secondary N) is 1. The number of nitrogens with zero attached hydrogens (tertiary/aromatic N) is 1. The third-order valence-corrected chi connectivity index (χ3v) is 5.29. The summed E-state index contributed by atoms with van der Waals surface area (Å²) in [5.74, 6) is 0.600. The number of benzene rings is 1. The molecule has 2 aliphatic rings. The summed E-state index contributed by atoms with van der Waals surface area (Å²) in [7, 11) is 0. The second-order valence-corrected chi connectivity index (χ2v) is 6.65. The Hall–Kier alpha value is -1.81. The molecule has 1 aromatic carbocycles. The Kier molecular flexibility index (Phi) is 2.60. The molecule has 4 rings (SSSR count). The Labute approximate surface area is 122 Å². The average Bonchev–Trinajstić information content (AvgIpc) is 3.09. The molecule has 0 fully saturated rings. The first-order valence-electron chi connectivity index (χ1n) is 6.99. The van der Waals surface area contributed by atoms with Crippen molar-refractivity contribution < 1.29 is 0 Å². The van der Waals surface area contributed by atoms with Gasteiger partial charge in [0.1, 0.15) is 0 Å². The second-order valence-electron chi connectivity index (χ2n) is 5.70. The van der Waals surface area contributed by atoms with Crippen LogP contribution < -0.4 is 11.1 Å². The molecule has 0 saturated carbocycles. The van der Waals surface area contributed by atoms with Crippen LogP contribution in [0.3, 0.4) is 0 Å². The van der Waals surface area contributed by atoms with Gasteiger partial charge in [0.15, 0.2) is 5.96 Å². The van der Waals surface area contributed by atoms with Gasteiger partial charge in [-0.3, -0.25) is 4.99 Å². The summed E-state index contributed by atoms with van der Waals surface area (Å²) in [5.41, 5.74) is 10.2. The molecule has 0 radical (unpaired) electrons. The Bertz CT molecular complexity index is 675. The molecule has 3 nitrogen and oxygen atoms in total. The number of fused-ring (bicyclic) bond motifs is 1. The third kappa shape index (κ3) is 1.83. The lowest BCUT2D eigenvalue weighted by molar-refractivity contribution is 0.362. The molecule has 0 bridgehead atoms. The van der Waals surface area contributed by atoms with Crippen LogP contribution in [0, 0.1) is 0 Å². The molecule has 0 unspecified atom stereocenters. The number of aliphatic imine (C=N–C) groups is 1. The highest BCUT2D eigenvalue weighted by Gasteiger charge is 2.38. The molecule has 0 amide bonds. The van der Waals surface area contributed by atoms with Gasteiger partial charge >= 0.3 is 0 Å². The van der Waals surface area contributed by atoms with E-state index in [0.29, 0.717) is 5.96 Å². The van der Waals surface area contributed by atoms with E-state index in [0.717, 1.165) is 25.8 Å². The molecule has 20 heavy (non-hydrogen) atoms. The lowest BCUT2D eigenvalue weighted by Crippen LogP contribution is -2.51. The summed E-state index contributed by atoms with van der Waals surface area (Å²) >= 11 is 1.81. The van der Waals surface area contributed by atoms with E-state index in [2.05, 4.69) is 46.0 Å². The normalized spacial score (nSPS) is 24.3. The monoisotopic (exact) mass is 283 g/mol. The standard InChI is InChI=1S/C16H17N3S/c17-15-18-10-16(19-15)7-6-12-11(9-16)3-1-4-13(12)14-5-2-8-20-14/h1-5,8H,6-7,9-10H2,(H3,17,18,19)/t16-/m0/s1. The van der Waals surface area contributed by atoms with Crippen LogP contribution in [0.1, 0.15) is 17.5 Å². The minimum atomic E-state index is 0.0607. The van der Waals surface area contributed by atoms with Gasteiger partial charge in [0, 0.05) is 4.88 Å². The molecule has 1 aromatic heterocycles. The highest BCUT2D eigenvalue weighted by Crippen LogP contribution is 2.37. The molecule has 102 valence electrons. The van der Waals surface area contributed by atoms with E-state index in [1.807, 2.05) is 11.3 Å². The van der Waals surface area contributed by atoms with E-state index >= 15 is 0 Å². The summed E-state index contributed by atoms with van der Waals surface area (Å²) in [6, 6.07) is 11.0. The summed E-state index contributed by atoms with van der Waals surface area (Å²) in [6.45, 7) is 0.807. The van der Waals surface area contributed by atoms with Gasteiger partial charge in [0.05, 0.1) is 12.1 Å². The van der Waals surface area contributed by atoms with E-state index in [1.54, 1.807) is 0 Å². The zero-order valence-electron chi connectivity index (χ0n) is 11.2. The fourth-order valence-corrected chi connectivity index (χ4v) is 4.18. The van der Waals surface area contributed by atoms with Gasteiger partial charge in [-0.1, -0.05) is 24.3 Å². The summed E-state index contributed by atoms with van der Waals surface area (Å²) in [5, 5.41) is 5.54. The van der Waals surface area contributed by atoms with Gasteiger partial charge in [0.25, 0.3) is 0 Å². The summed E-state index contributed by atoms with van der Waals surface area (Å²) in [4.78, 5) is 5.71. The lowest BCUT2D eigenvalue weighted by Gasteiger charge is -2.35. The number of hydrogen-bond acceptors (Lipinski definition) is 4. The maximum absolute atomic E-state index is 5.81. The summed E-state index contributed by atoms with van der Waals surface area (Å²) in [6.07, 6.45) is 3.22. The third-order valence-electron chi connectivity index (χ3n) is 4.39. The van der Waals surface area contributed by atoms with E-state index in [4.69, 9.17) is 5.73 Å². The predicted octanol–water partition coefficient (Wildman–Crippen LogP) is 2.56. The van der Waals surface area contributed by atoms with E-state index < -0.39 is 0 Å². The molecule has 0 saturated heterocycles. The van der Waals surface area contributed by atoms with Crippen LogP contribution >= 0.6 is 11.3 Å². The van der Waals surface area contributed by atoms with Crippen LogP contribution in [-0.4, -0.2) is 18.0 Å². The van der Waals surface area contributed by atoms with Crippen molar-refractivity contribution >= 4 is 17.3 Å². The Balaban J connectivity index is 1.72. The van der Waals surface area contributed by atoms with Crippen LogP contribution in [-0.2, 0) is 12.8 Å². The van der Waals surface area contributed by atoms with Crippen LogP contribution in [0.15, 0.2) is 40.7 Å². The van der Waals surface area contributed by atoms with Crippen molar-refractivity contribution in [2.75, 3.05) is 6.54 Å². The van der Waals surface area contributed by atoms with E-state index in [-0.39, 0.29) is 5.54 Å². The molecule has 2 aromatic rings. The van der Waals surface area contributed by atoms with Gasteiger partial charge < -0.3 is 11.1 Å². The number of rotatable bonds is 1. The zero-order chi connectivity index (χ0) is 13.6. The van der Waals surface area contributed by atoms with Crippen molar-refractivity contribution in [1.82, 2.24) is 5.32 Å². The number of guanidine groups is 1. The Morgan fingerprint density at radius 3 is 2.95 bits per heavy atom. The first-order chi connectivity index (χ1) is 9.76. The molecule has 1 aliphatic carbocycles. The van der Waals surface area contributed by atoms with Crippen LogP contribution in [0.25, 0.3) is 10.4 Å². The van der Waals surface area contributed by atoms with Gasteiger partial charge in [-0.25, -0.2) is 0 Å². The smallest absolute Gasteiger partial charge is 0.189 e. The topological polar surface area (TPSA) is 50.4 Å². The Morgan fingerprint density at radius 2 is 2.20 bits per heavy atom. The predicted molar refractivity (Wildman–Crippen MR) is 84.1 cm³/mol. The van der Waals surface area contributed by atoms with Gasteiger partial charge in [-0.05, 0) is 47.4 Å². The molecular formula is C16H17N3S. The summed E-state index contributed by atoms with van der Waals surface area (Å²) < 4.78 is 0. The highest BCUT2D eigenvalue weighted by atomic mass is 32.1. The van der Waals surface area contributed by atoms with Crippen molar-refractivity contribution in [2.45, 2.75) is 24.8 Å². The minimum Gasteiger partial charge on any atom is -0.370 e. The lowest BCUT2D eigenvalue weighted by atomic mass is 9.77. The van der Waals surface area contributed by atoms with E-state index in [1.165, 1.54) is 21.6 Å². The van der Waals surface area contributed by atoms with Gasteiger partial charge in [0.2, 0.25) is 0 Å². The van der Waals surface area contributed by atoms with E-state index in [9.17, 15) is 0 Å². The van der Waals surface area contributed by atoms with Crippen LogP contribution in [0.2, 0.25) is 0 Å². The molecule has 4 heteroatoms. The highest BCUT2D eigenvalue weighted by molar-refractivity contribution is 7.13. The first kappa shape index (κ1) is 12.0. The van der Waals surface area contributed by atoms with Crippen molar-refractivity contribution in [3.8, 4) is 10.4 Å². The van der Waals surface area contributed by atoms with Crippen molar-refractivity contribution in [1.29, 1.82) is 0 Å². The average molecular weight is 283 g/mol. The van der Waals surface area contributed by atoms with Gasteiger partial charge in [-0.2, -0.15) is 0 Å². The molecule has 1 aliphatic heterocycles. The number of hydrogen-bond donors (Lipinski definition) is 2. The maximum atomic E-state index is 5.81.